The van der Waals surface area contributed by atoms with E-state index in [4.69, 9.17) is 27.8 Å². The minimum Gasteiger partial charge on any atom is -0.497 e. The third-order valence-corrected chi connectivity index (χ3v) is 2.20. The first-order chi connectivity index (χ1) is 6.19. The Morgan fingerprint density at radius 3 is 2.77 bits per heavy atom. The predicted molar refractivity (Wildman–Crippen MR) is 54.0 cm³/mol. The van der Waals surface area contributed by atoms with Crippen LogP contribution in [0.15, 0.2) is 18.2 Å². The number of nitrogens with two attached hydrogens (primary N) is 2. The predicted octanol–water partition coefficient (Wildman–Crippen LogP) is 1.31. The quantitative estimate of drug-likeness (QED) is 0.774. The Morgan fingerprint density at radius 2 is 2.23 bits per heavy atom. The maximum Gasteiger partial charge on any atom is 0.119 e. The van der Waals surface area contributed by atoms with Gasteiger partial charge in [-0.2, -0.15) is 0 Å². The Balaban J connectivity index is 3.03. The van der Waals surface area contributed by atoms with Crippen molar-refractivity contribution in [3.8, 4) is 5.75 Å². The molecule has 0 saturated heterocycles. The summed E-state index contributed by atoms with van der Waals surface area (Å²) in [5.41, 5.74) is 12.0. The van der Waals surface area contributed by atoms with Gasteiger partial charge >= 0.3 is 0 Å². The average Bonchev–Trinajstić information content (AvgIpc) is 2.17. The summed E-state index contributed by atoms with van der Waals surface area (Å²) in [4.78, 5) is 0. The van der Waals surface area contributed by atoms with Crippen LogP contribution in [0, 0.1) is 0 Å². The van der Waals surface area contributed by atoms with Crippen LogP contribution in [0.25, 0.3) is 0 Å². The molecular formula is C9H13ClN2O. The van der Waals surface area contributed by atoms with Crippen molar-refractivity contribution in [2.45, 2.75) is 6.04 Å². The lowest BCUT2D eigenvalue weighted by molar-refractivity contribution is 0.414. The first kappa shape index (κ1) is 10.3. The Bertz CT molecular complexity index is 291. The second-order valence-corrected chi connectivity index (χ2v) is 3.14. The highest BCUT2D eigenvalue weighted by molar-refractivity contribution is 6.31. The normalized spacial score (nSPS) is 12.6. The van der Waals surface area contributed by atoms with Crippen LogP contribution in [0.3, 0.4) is 0 Å². The van der Waals surface area contributed by atoms with Crippen LogP contribution in [0.4, 0.5) is 0 Å². The van der Waals surface area contributed by atoms with E-state index in [-0.39, 0.29) is 6.04 Å². The summed E-state index contributed by atoms with van der Waals surface area (Å²) in [7, 11) is 1.60. The summed E-state index contributed by atoms with van der Waals surface area (Å²) in [6.45, 7) is 0.368. The first-order valence-electron chi connectivity index (χ1n) is 3.98. The lowest BCUT2D eigenvalue weighted by atomic mass is 10.1. The monoisotopic (exact) mass is 200 g/mol. The molecule has 3 nitrogen and oxygen atoms in total. The summed E-state index contributed by atoms with van der Waals surface area (Å²) >= 11 is 5.94. The van der Waals surface area contributed by atoms with Gasteiger partial charge < -0.3 is 16.2 Å². The van der Waals surface area contributed by atoms with Gasteiger partial charge in [0.2, 0.25) is 0 Å². The van der Waals surface area contributed by atoms with Crippen molar-refractivity contribution in [2.75, 3.05) is 13.7 Å². The van der Waals surface area contributed by atoms with E-state index in [0.29, 0.717) is 11.6 Å². The topological polar surface area (TPSA) is 61.3 Å². The van der Waals surface area contributed by atoms with Crippen LogP contribution in [-0.4, -0.2) is 13.7 Å². The lowest BCUT2D eigenvalue weighted by Crippen LogP contribution is -2.21. The van der Waals surface area contributed by atoms with E-state index in [1.54, 1.807) is 25.3 Å². The van der Waals surface area contributed by atoms with Crippen molar-refractivity contribution < 1.29 is 4.74 Å². The van der Waals surface area contributed by atoms with E-state index in [1.807, 2.05) is 0 Å². The number of rotatable bonds is 3. The van der Waals surface area contributed by atoms with Gasteiger partial charge in [-0.1, -0.05) is 11.6 Å². The van der Waals surface area contributed by atoms with Crippen LogP contribution < -0.4 is 16.2 Å². The summed E-state index contributed by atoms with van der Waals surface area (Å²) in [6.07, 6.45) is 0. The van der Waals surface area contributed by atoms with Gasteiger partial charge in [-0.3, -0.25) is 0 Å². The van der Waals surface area contributed by atoms with Gasteiger partial charge in [0.1, 0.15) is 5.75 Å². The van der Waals surface area contributed by atoms with Crippen molar-refractivity contribution in [2.24, 2.45) is 11.5 Å². The molecule has 0 fully saturated rings. The second-order valence-electron chi connectivity index (χ2n) is 2.73. The molecule has 0 saturated carbocycles. The molecule has 0 radical (unpaired) electrons. The largest absolute Gasteiger partial charge is 0.497 e. The van der Waals surface area contributed by atoms with Crippen molar-refractivity contribution in [1.29, 1.82) is 0 Å². The van der Waals surface area contributed by atoms with Gasteiger partial charge in [0, 0.05) is 17.6 Å². The minimum absolute atomic E-state index is 0.234. The molecule has 4 heteroatoms. The molecule has 13 heavy (non-hydrogen) atoms. The number of methoxy groups -OCH3 is 1. The molecule has 0 amide bonds. The summed E-state index contributed by atoms with van der Waals surface area (Å²) < 4.78 is 5.05. The highest BCUT2D eigenvalue weighted by Gasteiger charge is 2.09. The molecule has 0 aliphatic rings. The van der Waals surface area contributed by atoms with Crippen LogP contribution in [0.1, 0.15) is 11.6 Å². The van der Waals surface area contributed by atoms with Crippen molar-refractivity contribution in [3.63, 3.8) is 0 Å². The van der Waals surface area contributed by atoms with E-state index < -0.39 is 0 Å². The molecular weight excluding hydrogens is 188 g/mol. The zero-order valence-corrected chi connectivity index (χ0v) is 8.21. The molecule has 4 N–H and O–H groups in total. The van der Waals surface area contributed by atoms with Gasteiger partial charge in [0.15, 0.2) is 0 Å². The fourth-order valence-electron chi connectivity index (χ4n) is 1.06. The summed E-state index contributed by atoms with van der Waals surface area (Å²) in [5, 5.41) is 0.624. The number of benzene rings is 1. The number of hydrogen-bond donors (Lipinski definition) is 2. The van der Waals surface area contributed by atoms with Gasteiger partial charge in [-0.05, 0) is 23.8 Å². The molecule has 0 heterocycles. The lowest BCUT2D eigenvalue weighted by Gasteiger charge is -2.12. The molecule has 0 aromatic heterocycles. The number of hydrogen-bond acceptors (Lipinski definition) is 3. The van der Waals surface area contributed by atoms with E-state index in [2.05, 4.69) is 0 Å². The van der Waals surface area contributed by atoms with Crippen molar-refractivity contribution in [1.82, 2.24) is 0 Å². The fraction of sp³-hybridized carbons (Fsp3) is 0.333. The molecule has 1 atom stereocenters. The van der Waals surface area contributed by atoms with Crippen molar-refractivity contribution in [3.05, 3.63) is 28.8 Å². The molecule has 0 unspecified atom stereocenters. The van der Waals surface area contributed by atoms with E-state index >= 15 is 0 Å². The Kier molecular flexibility index (Phi) is 3.54. The second kappa shape index (κ2) is 4.46. The Hall–Kier alpha value is -0.770. The van der Waals surface area contributed by atoms with Gasteiger partial charge in [-0.25, -0.2) is 0 Å². The number of halogens is 1. The molecule has 1 aromatic rings. The van der Waals surface area contributed by atoms with Gasteiger partial charge in [-0.15, -0.1) is 0 Å². The third-order valence-electron chi connectivity index (χ3n) is 1.86. The Labute approximate surface area is 82.6 Å². The summed E-state index contributed by atoms with van der Waals surface area (Å²) in [6, 6.07) is 5.11. The van der Waals surface area contributed by atoms with E-state index in [0.717, 1.165) is 11.3 Å². The first-order valence-corrected chi connectivity index (χ1v) is 4.36. The average molecular weight is 201 g/mol. The zero-order valence-electron chi connectivity index (χ0n) is 7.46. The standard InChI is InChI=1S/C9H13ClN2O/c1-13-6-2-3-8(10)7(4-6)9(12)5-11/h2-4,9H,5,11-12H2,1H3/t9-/m1/s1. The zero-order chi connectivity index (χ0) is 9.84. The highest BCUT2D eigenvalue weighted by atomic mass is 35.5. The van der Waals surface area contributed by atoms with E-state index in [9.17, 15) is 0 Å². The van der Waals surface area contributed by atoms with E-state index in [1.165, 1.54) is 0 Å². The van der Waals surface area contributed by atoms with Crippen LogP contribution in [-0.2, 0) is 0 Å². The maximum atomic E-state index is 5.94. The van der Waals surface area contributed by atoms with Gasteiger partial charge in [0.05, 0.1) is 7.11 Å². The molecule has 0 aliphatic carbocycles. The Morgan fingerprint density at radius 1 is 1.54 bits per heavy atom. The molecule has 1 aromatic carbocycles. The number of ether oxygens (including phenoxy) is 1. The van der Waals surface area contributed by atoms with Gasteiger partial charge in [0.25, 0.3) is 0 Å². The van der Waals surface area contributed by atoms with Crippen LogP contribution in [0.2, 0.25) is 5.02 Å². The molecule has 0 bridgehead atoms. The molecule has 0 spiro atoms. The molecule has 1 rings (SSSR count). The highest BCUT2D eigenvalue weighted by Crippen LogP contribution is 2.25. The molecule has 0 aliphatic heterocycles. The smallest absolute Gasteiger partial charge is 0.119 e. The van der Waals surface area contributed by atoms with Crippen molar-refractivity contribution >= 4 is 11.6 Å². The fourth-order valence-corrected chi connectivity index (χ4v) is 1.32. The third kappa shape index (κ3) is 2.34. The van der Waals surface area contributed by atoms with Crippen LogP contribution in [0.5, 0.6) is 5.75 Å². The summed E-state index contributed by atoms with van der Waals surface area (Å²) in [5.74, 6) is 0.739. The van der Waals surface area contributed by atoms with Crippen LogP contribution >= 0.6 is 11.6 Å². The SMILES string of the molecule is COc1ccc(Cl)c([C@H](N)CN)c1. The minimum atomic E-state index is -0.234. The molecule has 72 valence electrons. The maximum absolute atomic E-state index is 5.94.